The van der Waals surface area contributed by atoms with Gasteiger partial charge < -0.3 is 10.4 Å². The number of carbonyl (C=O) groups is 1. The molecule has 0 radical (unpaired) electrons. The van der Waals surface area contributed by atoms with Gasteiger partial charge in [-0.05, 0) is 11.1 Å². The Morgan fingerprint density at radius 1 is 1.00 bits per heavy atom. The summed E-state index contributed by atoms with van der Waals surface area (Å²) in [5.41, 5.74) is 1.70. The number of anilines is 1. The van der Waals surface area contributed by atoms with E-state index in [1.807, 2.05) is 60.7 Å². The number of carboxylic acid groups (broad SMARTS) is 1. The Balaban J connectivity index is 1.84. The van der Waals surface area contributed by atoms with Gasteiger partial charge in [0.25, 0.3) is 0 Å². The molecule has 156 valence electrons. The number of benzene rings is 2. The molecule has 2 N–H and O–H groups in total. The first-order chi connectivity index (χ1) is 14.3. The van der Waals surface area contributed by atoms with Crippen LogP contribution in [0.25, 0.3) is 0 Å². The van der Waals surface area contributed by atoms with Crippen molar-refractivity contribution in [1.29, 1.82) is 0 Å². The van der Waals surface area contributed by atoms with Gasteiger partial charge in [-0.3, -0.25) is 0 Å². The van der Waals surface area contributed by atoms with E-state index in [9.17, 15) is 18.3 Å². The number of carboxylic acids is 1. The number of aromatic nitrogens is 2. The predicted molar refractivity (Wildman–Crippen MR) is 113 cm³/mol. The molecule has 0 unspecified atom stereocenters. The average molecular weight is 426 g/mol. The molecule has 3 rings (SSSR count). The molecule has 9 heteroatoms. The minimum atomic E-state index is -3.54. The number of rotatable bonds is 9. The minimum Gasteiger partial charge on any atom is -0.477 e. The monoisotopic (exact) mass is 426 g/mol. The summed E-state index contributed by atoms with van der Waals surface area (Å²) >= 11 is 0. The lowest BCUT2D eigenvalue weighted by molar-refractivity contribution is 0.0697. The lowest BCUT2D eigenvalue weighted by Crippen LogP contribution is -2.30. The van der Waals surface area contributed by atoms with Crippen LogP contribution < -0.4 is 5.32 Å². The number of nitrogens with one attached hydrogen (secondary N) is 1. The van der Waals surface area contributed by atoms with Crippen LogP contribution in [0.2, 0.25) is 0 Å². The number of sulfonamides is 1. The molecule has 1 aromatic heterocycles. The maximum absolute atomic E-state index is 12.3. The molecule has 0 aliphatic carbocycles. The zero-order chi connectivity index (χ0) is 21.6. The van der Waals surface area contributed by atoms with Crippen LogP contribution in [-0.4, -0.2) is 40.0 Å². The molecule has 30 heavy (non-hydrogen) atoms. The Kier molecular flexibility index (Phi) is 6.76. The van der Waals surface area contributed by atoms with Crippen LogP contribution in [0.5, 0.6) is 0 Å². The van der Waals surface area contributed by atoms with Crippen molar-refractivity contribution in [3.63, 3.8) is 0 Å². The van der Waals surface area contributed by atoms with E-state index in [0.717, 1.165) is 17.4 Å². The van der Waals surface area contributed by atoms with Crippen LogP contribution in [0.3, 0.4) is 0 Å². The Hall–Kier alpha value is -3.30. The lowest BCUT2D eigenvalue weighted by Gasteiger charge is -2.20. The summed E-state index contributed by atoms with van der Waals surface area (Å²) in [4.78, 5) is 19.9. The highest BCUT2D eigenvalue weighted by Gasteiger charge is 2.21. The molecule has 0 saturated heterocycles. The number of nitrogens with zero attached hydrogens (tertiary/aromatic N) is 3. The van der Waals surface area contributed by atoms with Crippen LogP contribution in [0, 0.1) is 0 Å². The maximum Gasteiger partial charge on any atom is 0.341 e. The molecule has 0 atom stereocenters. The predicted octanol–water partition coefficient (Wildman–Crippen LogP) is 2.75. The summed E-state index contributed by atoms with van der Waals surface area (Å²) in [6.45, 7) is 0.460. The normalized spacial score (nSPS) is 11.4. The lowest BCUT2D eigenvalue weighted by atomic mass is 10.2. The number of aromatic carboxylic acids is 1. The van der Waals surface area contributed by atoms with Gasteiger partial charge in [0.15, 0.2) is 0 Å². The molecule has 0 aliphatic heterocycles. The molecule has 0 bridgehead atoms. The summed E-state index contributed by atoms with van der Waals surface area (Å²) in [5.74, 6) is -0.817. The van der Waals surface area contributed by atoms with Crippen LogP contribution in [0.4, 0.5) is 5.82 Å². The first kappa shape index (κ1) is 21.4. The van der Waals surface area contributed by atoms with Crippen LogP contribution in [-0.2, 0) is 29.7 Å². The fraction of sp³-hybridized carbons (Fsp3) is 0.190. The molecule has 0 spiro atoms. The van der Waals surface area contributed by atoms with Crippen LogP contribution in [0.15, 0.2) is 66.9 Å². The Morgan fingerprint density at radius 3 is 2.17 bits per heavy atom. The standard InChI is InChI=1S/C21H22N4O4S/c1-30(28,29)25(14-17-10-6-3-7-11-17)15-19-22-13-18(21(26)27)20(24-19)23-12-16-8-4-2-5-9-16/h2-11,13H,12,14-15H2,1H3,(H,26,27)(H,22,23,24). The molecule has 8 nitrogen and oxygen atoms in total. The van der Waals surface area contributed by atoms with Gasteiger partial charge >= 0.3 is 5.97 Å². The summed E-state index contributed by atoms with van der Waals surface area (Å²) in [5, 5.41) is 12.4. The van der Waals surface area contributed by atoms with E-state index in [2.05, 4.69) is 15.3 Å². The third kappa shape index (κ3) is 5.85. The molecular formula is C21H22N4O4S. The Labute approximate surface area is 175 Å². The van der Waals surface area contributed by atoms with Gasteiger partial charge in [-0.1, -0.05) is 60.7 Å². The van der Waals surface area contributed by atoms with Crippen molar-refractivity contribution in [3.05, 3.63) is 89.4 Å². The molecule has 0 amide bonds. The van der Waals surface area contributed by atoms with Crippen molar-refractivity contribution in [2.75, 3.05) is 11.6 Å². The van der Waals surface area contributed by atoms with Gasteiger partial charge in [-0.25, -0.2) is 23.2 Å². The van der Waals surface area contributed by atoms with Crippen molar-refractivity contribution in [2.45, 2.75) is 19.6 Å². The molecule has 1 heterocycles. The second kappa shape index (κ2) is 9.47. The highest BCUT2D eigenvalue weighted by atomic mass is 32.2. The van der Waals surface area contributed by atoms with Crippen LogP contribution >= 0.6 is 0 Å². The summed E-state index contributed by atoms with van der Waals surface area (Å²) in [6.07, 6.45) is 2.32. The fourth-order valence-corrected chi connectivity index (χ4v) is 3.54. The summed E-state index contributed by atoms with van der Waals surface area (Å²) < 4.78 is 25.8. The van der Waals surface area contributed by atoms with Gasteiger partial charge in [0.1, 0.15) is 17.2 Å². The van der Waals surface area contributed by atoms with E-state index in [1.54, 1.807) is 0 Å². The molecule has 0 aliphatic rings. The zero-order valence-corrected chi connectivity index (χ0v) is 17.2. The number of hydrogen-bond acceptors (Lipinski definition) is 6. The summed E-state index contributed by atoms with van der Waals surface area (Å²) in [6, 6.07) is 18.6. The topological polar surface area (TPSA) is 112 Å². The Morgan fingerprint density at radius 2 is 1.60 bits per heavy atom. The van der Waals surface area contributed by atoms with E-state index in [1.165, 1.54) is 10.5 Å². The largest absolute Gasteiger partial charge is 0.477 e. The molecule has 2 aromatic carbocycles. The van der Waals surface area contributed by atoms with Gasteiger partial charge in [0.2, 0.25) is 10.0 Å². The first-order valence-electron chi connectivity index (χ1n) is 9.19. The maximum atomic E-state index is 12.3. The second-order valence-corrected chi connectivity index (χ2v) is 8.69. The Bertz CT molecular complexity index is 1110. The van der Waals surface area contributed by atoms with E-state index in [-0.39, 0.29) is 30.3 Å². The molecule has 3 aromatic rings. The van der Waals surface area contributed by atoms with Crippen molar-refractivity contribution < 1.29 is 18.3 Å². The zero-order valence-electron chi connectivity index (χ0n) is 16.4. The van der Waals surface area contributed by atoms with E-state index >= 15 is 0 Å². The van der Waals surface area contributed by atoms with E-state index in [4.69, 9.17) is 0 Å². The highest BCUT2D eigenvalue weighted by Crippen LogP contribution is 2.17. The van der Waals surface area contributed by atoms with Crippen LogP contribution in [0.1, 0.15) is 27.3 Å². The third-order valence-electron chi connectivity index (χ3n) is 4.36. The first-order valence-corrected chi connectivity index (χ1v) is 11.0. The quantitative estimate of drug-likeness (QED) is 0.541. The van der Waals surface area contributed by atoms with Crippen molar-refractivity contribution in [2.24, 2.45) is 0 Å². The molecule has 0 saturated carbocycles. The SMILES string of the molecule is CS(=O)(=O)N(Cc1ccccc1)Cc1ncc(C(=O)O)c(NCc2ccccc2)n1. The van der Waals surface area contributed by atoms with Crippen molar-refractivity contribution >= 4 is 21.8 Å². The fourth-order valence-electron chi connectivity index (χ4n) is 2.80. The number of hydrogen-bond donors (Lipinski definition) is 2. The van der Waals surface area contributed by atoms with E-state index < -0.39 is 16.0 Å². The van der Waals surface area contributed by atoms with Gasteiger partial charge in [0.05, 0.1) is 12.8 Å². The third-order valence-corrected chi connectivity index (χ3v) is 5.56. The summed E-state index contributed by atoms with van der Waals surface area (Å²) in [7, 11) is -3.54. The molecular weight excluding hydrogens is 404 g/mol. The van der Waals surface area contributed by atoms with Crippen molar-refractivity contribution in [1.82, 2.24) is 14.3 Å². The minimum absolute atomic E-state index is 0.0758. The van der Waals surface area contributed by atoms with Gasteiger partial charge in [-0.15, -0.1) is 0 Å². The van der Waals surface area contributed by atoms with Crippen molar-refractivity contribution in [3.8, 4) is 0 Å². The highest BCUT2D eigenvalue weighted by molar-refractivity contribution is 7.88. The average Bonchev–Trinajstić information content (AvgIpc) is 2.72. The molecule has 0 fully saturated rings. The van der Waals surface area contributed by atoms with E-state index in [0.29, 0.717) is 6.54 Å². The second-order valence-electron chi connectivity index (χ2n) is 6.71. The smallest absolute Gasteiger partial charge is 0.341 e. The van der Waals surface area contributed by atoms with Gasteiger partial charge in [0, 0.05) is 19.3 Å². The van der Waals surface area contributed by atoms with Gasteiger partial charge in [-0.2, -0.15) is 4.31 Å².